The molecule has 1 aromatic rings. The van der Waals surface area contributed by atoms with Crippen LogP contribution in [0.15, 0.2) is 36.9 Å². The molecule has 0 radical (unpaired) electrons. The fourth-order valence-corrected chi connectivity index (χ4v) is 4.82. The van der Waals surface area contributed by atoms with Crippen LogP contribution in [0.3, 0.4) is 0 Å². The van der Waals surface area contributed by atoms with Crippen molar-refractivity contribution in [1.29, 1.82) is 0 Å². The second-order valence-corrected chi connectivity index (χ2v) is 7.97. The van der Waals surface area contributed by atoms with Crippen molar-refractivity contribution in [3.8, 4) is 5.75 Å². The highest BCUT2D eigenvalue weighted by atomic mass is 19.3. The van der Waals surface area contributed by atoms with Crippen LogP contribution in [-0.2, 0) is 0 Å². The molecule has 0 aliphatic heterocycles. The van der Waals surface area contributed by atoms with Crippen LogP contribution in [-0.4, -0.2) is 0 Å². The molecule has 0 bridgehead atoms. The minimum Gasteiger partial charge on any atom is -0.422 e. The van der Waals surface area contributed by atoms with Gasteiger partial charge in [0, 0.05) is 0 Å². The van der Waals surface area contributed by atoms with Crippen molar-refractivity contribution < 1.29 is 26.7 Å². The van der Waals surface area contributed by atoms with Crippen LogP contribution in [0, 0.1) is 29.4 Å². The largest absolute Gasteiger partial charge is 0.422 e. The molecular formula is C22H25F5O. The van der Waals surface area contributed by atoms with E-state index in [2.05, 4.69) is 11.3 Å². The summed E-state index contributed by atoms with van der Waals surface area (Å²) in [6.45, 7) is 3.88. The average molecular weight is 400 g/mol. The molecule has 6 heteroatoms. The van der Waals surface area contributed by atoms with E-state index < -0.39 is 29.5 Å². The molecule has 0 aromatic heterocycles. The Morgan fingerprint density at radius 3 is 1.82 bits per heavy atom. The maximum atomic E-state index is 14.1. The van der Waals surface area contributed by atoms with Gasteiger partial charge in [-0.25, -0.2) is 8.78 Å². The fourth-order valence-electron chi connectivity index (χ4n) is 4.82. The molecule has 2 fully saturated rings. The summed E-state index contributed by atoms with van der Waals surface area (Å²) in [4.78, 5) is 0. The van der Waals surface area contributed by atoms with Crippen molar-refractivity contribution in [2.24, 2.45) is 17.8 Å². The van der Waals surface area contributed by atoms with Gasteiger partial charge in [0.1, 0.15) is 0 Å². The van der Waals surface area contributed by atoms with Gasteiger partial charge in [-0.15, -0.1) is 6.58 Å². The first kappa shape index (κ1) is 20.9. The number of ether oxygens (including phenoxy) is 1. The lowest BCUT2D eigenvalue weighted by molar-refractivity contribution is 0.171. The lowest BCUT2D eigenvalue weighted by Gasteiger charge is -2.37. The molecule has 0 atom stereocenters. The highest BCUT2D eigenvalue weighted by Crippen LogP contribution is 2.44. The summed E-state index contributed by atoms with van der Waals surface area (Å²) in [7, 11) is 0. The van der Waals surface area contributed by atoms with Crippen molar-refractivity contribution >= 4 is 0 Å². The SMILES string of the molecule is C=CC1CCC(C2CCC(c3cc(F)c(OC(F)=C(F)F)c(F)c3)CC2)CC1. The van der Waals surface area contributed by atoms with E-state index >= 15 is 0 Å². The molecule has 1 aromatic carbocycles. The van der Waals surface area contributed by atoms with Crippen LogP contribution in [0.2, 0.25) is 0 Å². The fraction of sp³-hybridized carbons (Fsp3) is 0.545. The molecule has 0 unspecified atom stereocenters. The zero-order chi connectivity index (χ0) is 20.3. The molecular weight excluding hydrogens is 375 g/mol. The topological polar surface area (TPSA) is 9.23 Å². The van der Waals surface area contributed by atoms with Gasteiger partial charge in [-0.1, -0.05) is 6.08 Å². The summed E-state index contributed by atoms with van der Waals surface area (Å²) in [5, 5.41) is 0. The van der Waals surface area contributed by atoms with Crippen LogP contribution in [0.25, 0.3) is 0 Å². The molecule has 2 saturated carbocycles. The van der Waals surface area contributed by atoms with E-state index in [9.17, 15) is 22.0 Å². The van der Waals surface area contributed by atoms with E-state index in [1.165, 1.54) is 25.7 Å². The van der Waals surface area contributed by atoms with Crippen LogP contribution in [0.1, 0.15) is 62.8 Å². The summed E-state index contributed by atoms with van der Waals surface area (Å²) in [6, 6.07) is -0.151. The predicted molar refractivity (Wildman–Crippen MR) is 97.7 cm³/mol. The van der Waals surface area contributed by atoms with Crippen molar-refractivity contribution in [3.05, 3.63) is 54.1 Å². The smallest absolute Gasteiger partial charge is 0.344 e. The number of hydrogen-bond donors (Lipinski definition) is 0. The predicted octanol–water partition coefficient (Wildman–Crippen LogP) is 7.64. The Kier molecular flexibility index (Phi) is 6.78. The number of hydrogen-bond acceptors (Lipinski definition) is 1. The van der Waals surface area contributed by atoms with E-state index in [0.29, 0.717) is 23.3 Å². The first-order valence-corrected chi connectivity index (χ1v) is 9.89. The van der Waals surface area contributed by atoms with Gasteiger partial charge in [-0.3, -0.25) is 0 Å². The van der Waals surface area contributed by atoms with Gasteiger partial charge >= 0.3 is 12.1 Å². The van der Waals surface area contributed by atoms with Crippen molar-refractivity contribution in [2.45, 2.75) is 57.3 Å². The number of benzene rings is 1. The van der Waals surface area contributed by atoms with E-state index in [0.717, 1.165) is 37.8 Å². The Bertz CT molecular complexity index is 701. The molecule has 1 nitrogen and oxygen atoms in total. The quantitative estimate of drug-likeness (QED) is 0.280. The van der Waals surface area contributed by atoms with Crippen molar-refractivity contribution in [3.63, 3.8) is 0 Å². The van der Waals surface area contributed by atoms with Gasteiger partial charge in [-0.05, 0) is 92.7 Å². The molecule has 3 rings (SSSR count). The maximum Gasteiger partial charge on any atom is 0.344 e. The highest BCUT2D eigenvalue weighted by molar-refractivity contribution is 5.34. The minimum atomic E-state index is -2.76. The Morgan fingerprint density at radius 1 is 0.857 bits per heavy atom. The van der Waals surface area contributed by atoms with Crippen LogP contribution >= 0.6 is 0 Å². The first-order valence-electron chi connectivity index (χ1n) is 9.89. The first-order chi connectivity index (χ1) is 13.4. The van der Waals surface area contributed by atoms with E-state index in [-0.39, 0.29) is 5.92 Å². The second-order valence-electron chi connectivity index (χ2n) is 7.97. The third kappa shape index (κ3) is 4.76. The van der Waals surface area contributed by atoms with Crippen molar-refractivity contribution in [1.82, 2.24) is 0 Å². The summed E-state index contributed by atoms with van der Waals surface area (Å²) < 4.78 is 69.3. The molecule has 28 heavy (non-hydrogen) atoms. The normalized spacial score (nSPS) is 27.9. The Balaban J connectivity index is 1.61. The van der Waals surface area contributed by atoms with Gasteiger partial charge in [0.25, 0.3) is 0 Å². The lowest BCUT2D eigenvalue weighted by atomic mass is 9.68. The van der Waals surface area contributed by atoms with Gasteiger partial charge in [0.15, 0.2) is 11.6 Å². The zero-order valence-electron chi connectivity index (χ0n) is 15.7. The highest BCUT2D eigenvalue weighted by Gasteiger charge is 2.31. The van der Waals surface area contributed by atoms with Gasteiger partial charge < -0.3 is 4.74 Å². The van der Waals surface area contributed by atoms with Crippen LogP contribution in [0.4, 0.5) is 22.0 Å². The Hall–Kier alpha value is -1.85. The molecule has 0 amide bonds. The van der Waals surface area contributed by atoms with Crippen molar-refractivity contribution in [2.75, 3.05) is 0 Å². The number of halogens is 5. The molecule has 154 valence electrons. The summed E-state index contributed by atoms with van der Waals surface area (Å²) in [6.07, 6.45) is 7.79. The minimum absolute atomic E-state index is 0.0112. The summed E-state index contributed by atoms with van der Waals surface area (Å²) >= 11 is 0. The molecule has 0 N–H and O–H groups in total. The monoisotopic (exact) mass is 400 g/mol. The number of allylic oxidation sites excluding steroid dienone is 1. The maximum absolute atomic E-state index is 14.1. The summed E-state index contributed by atoms with van der Waals surface area (Å²) in [5.74, 6) is -1.48. The summed E-state index contributed by atoms with van der Waals surface area (Å²) in [5.41, 5.74) is 0.473. The van der Waals surface area contributed by atoms with Gasteiger partial charge in [0.2, 0.25) is 5.75 Å². The lowest BCUT2D eigenvalue weighted by Crippen LogP contribution is -2.25. The van der Waals surface area contributed by atoms with E-state index in [4.69, 9.17) is 0 Å². The molecule has 0 spiro atoms. The average Bonchev–Trinajstić information content (AvgIpc) is 2.70. The third-order valence-electron chi connectivity index (χ3n) is 6.42. The van der Waals surface area contributed by atoms with Gasteiger partial charge in [0.05, 0.1) is 0 Å². The zero-order valence-corrected chi connectivity index (χ0v) is 15.7. The van der Waals surface area contributed by atoms with E-state index in [1.807, 2.05) is 6.08 Å². The Labute approximate surface area is 162 Å². The third-order valence-corrected chi connectivity index (χ3v) is 6.42. The standard InChI is InChI=1S/C22H25F5O/c1-2-13-3-5-14(6-4-13)15-7-9-16(10-8-15)17-11-18(23)20(19(24)12-17)28-22(27)21(25)26/h2,11-16H,1,3-10H2. The molecule has 0 saturated heterocycles. The molecule has 2 aliphatic rings. The van der Waals surface area contributed by atoms with Crippen LogP contribution in [0.5, 0.6) is 5.75 Å². The van der Waals surface area contributed by atoms with Gasteiger partial charge in [-0.2, -0.15) is 13.2 Å². The molecule has 2 aliphatic carbocycles. The van der Waals surface area contributed by atoms with E-state index in [1.54, 1.807) is 0 Å². The molecule has 0 heterocycles. The Morgan fingerprint density at radius 2 is 1.36 bits per heavy atom. The number of rotatable bonds is 5. The van der Waals surface area contributed by atoms with Crippen LogP contribution < -0.4 is 4.74 Å². The second kappa shape index (κ2) is 9.10.